The molecule has 0 aliphatic rings. The van der Waals surface area contributed by atoms with Gasteiger partial charge in [0.05, 0.1) is 22.6 Å². The minimum Gasteiger partial charge on any atom is -0.486 e. The predicted octanol–water partition coefficient (Wildman–Crippen LogP) is 3.18. The quantitative estimate of drug-likeness (QED) is 0.811. The van der Waals surface area contributed by atoms with Gasteiger partial charge < -0.3 is 10.1 Å². The van der Waals surface area contributed by atoms with Gasteiger partial charge in [0.1, 0.15) is 12.4 Å². The lowest BCUT2D eigenvalue weighted by atomic mass is 10.3. The number of rotatable bonds is 8. The molecule has 5 heteroatoms. The van der Waals surface area contributed by atoms with Crippen LogP contribution >= 0.6 is 11.3 Å². The number of hydrogen-bond donors (Lipinski definition) is 1. The largest absolute Gasteiger partial charge is 0.486 e. The molecule has 0 aromatic carbocycles. The molecule has 4 nitrogen and oxygen atoms in total. The minimum atomic E-state index is 0.508. The number of hydrogen-bond acceptors (Lipinski definition) is 5. The topological polar surface area (TPSA) is 47.0 Å². The Balaban J connectivity index is 1.83. The number of aryl methyl sites for hydroxylation is 1. The second-order valence-corrected chi connectivity index (χ2v) is 5.48. The molecule has 2 aromatic rings. The van der Waals surface area contributed by atoms with Crippen LogP contribution in [-0.2, 0) is 19.6 Å². The molecule has 20 heavy (non-hydrogen) atoms. The number of thiazole rings is 1. The molecule has 0 aliphatic carbocycles. The van der Waals surface area contributed by atoms with Crippen LogP contribution in [0, 0.1) is 0 Å². The summed E-state index contributed by atoms with van der Waals surface area (Å²) in [7, 11) is 0. The Morgan fingerprint density at radius 3 is 2.85 bits per heavy atom. The number of pyridine rings is 1. The van der Waals surface area contributed by atoms with Gasteiger partial charge in [0.15, 0.2) is 0 Å². The number of ether oxygens (including phenoxy) is 1. The van der Waals surface area contributed by atoms with Crippen molar-refractivity contribution in [1.29, 1.82) is 0 Å². The van der Waals surface area contributed by atoms with E-state index in [0.717, 1.165) is 43.1 Å². The number of nitrogens with one attached hydrogen (secondary N) is 1. The van der Waals surface area contributed by atoms with E-state index in [1.54, 1.807) is 17.5 Å². The van der Waals surface area contributed by atoms with Crippen molar-refractivity contribution in [1.82, 2.24) is 15.3 Å². The second kappa shape index (κ2) is 7.97. The maximum absolute atomic E-state index is 5.70. The van der Waals surface area contributed by atoms with Crippen LogP contribution in [0.2, 0.25) is 0 Å². The highest BCUT2D eigenvalue weighted by Gasteiger charge is 2.03. The minimum absolute atomic E-state index is 0.508. The van der Waals surface area contributed by atoms with E-state index in [2.05, 4.69) is 34.5 Å². The maximum Gasteiger partial charge on any atom is 0.138 e. The summed E-state index contributed by atoms with van der Waals surface area (Å²) in [5.74, 6) is 0.787. The average Bonchev–Trinajstić information content (AvgIpc) is 2.92. The first kappa shape index (κ1) is 14.9. The van der Waals surface area contributed by atoms with E-state index >= 15 is 0 Å². The van der Waals surface area contributed by atoms with Gasteiger partial charge in [-0.3, -0.25) is 4.98 Å². The predicted molar refractivity (Wildman–Crippen MR) is 82.1 cm³/mol. The van der Waals surface area contributed by atoms with Gasteiger partial charge in [0, 0.05) is 11.9 Å². The van der Waals surface area contributed by atoms with Crippen molar-refractivity contribution >= 4 is 11.3 Å². The van der Waals surface area contributed by atoms with Crippen LogP contribution in [0.3, 0.4) is 0 Å². The second-order valence-electron chi connectivity index (χ2n) is 4.54. The first-order valence-corrected chi connectivity index (χ1v) is 7.91. The molecule has 0 saturated heterocycles. The van der Waals surface area contributed by atoms with Crippen LogP contribution in [0.25, 0.3) is 0 Å². The van der Waals surface area contributed by atoms with Crippen molar-refractivity contribution in [2.75, 3.05) is 6.54 Å². The number of aromatic nitrogens is 2. The molecule has 2 heterocycles. The molecule has 0 saturated carbocycles. The third kappa shape index (κ3) is 4.58. The highest BCUT2D eigenvalue weighted by Crippen LogP contribution is 2.15. The molecule has 0 spiro atoms. The van der Waals surface area contributed by atoms with Crippen LogP contribution in [0.15, 0.2) is 23.7 Å². The molecule has 0 unspecified atom stereocenters. The van der Waals surface area contributed by atoms with Crippen LogP contribution in [0.5, 0.6) is 5.75 Å². The molecular weight excluding hydrogens is 270 g/mol. The van der Waals surface area contributed by atoms with Crippen LogP contribution < -0.4 is 10.1 Å². The molecule has 2 rings (SSSR count). The van der Waals surface area contributed by atoms with Gasteiger partial charge >= 0.3 is 0 Å². The van der Waals surface area contributed by atoms with E-state index in [-0.39, 0.29) is 0 Å². The zero-order chi connectivity index (χ0) is 14.2. The fraction of sp³-hybridized carbons (Fsp3) is 0.467. The highest BCUT2D eigenvalue weighted by atomic mass is 32.1. The molecule has 0 aliphatic heterocycles. The fourth-order valence-electron chi connectivity index (χ4n) is 1.76. The SMILES string of the molecule is CCCc1nc(COc2ccc(CNCC)nc2)cs1. The van der Waals surface area contributed by atoms with Gasteiger partial charge in [0.25, 0.3) is 0 Å². The third-order valence-corrected chi connectivity index (χ3v) is 3.76. The van der Waals surface area contributed by atoms with E-state index in [9.17, 15) is 0 Å². The lowest BCUT2D eigenvalue weighted by molar-refractivity contribution is 0.300. The highest BCUT2D eigenvalue weighted by molar-refractivity contribution is 7.09. The molecule has 0 amide bonds. The zero-order valence-electron chi connectivity index (χ0n) is 12.1. The van der Waals surface area contributed by atoms with Gasteiger partial charge in [-0.05, 0) is 31.5 Å². The summed E-state index contributed by atoms with van der Waals surface area (Å²) in [6, 6.07) is 3.94. The van der Waals surface area contributed by atoms with Crippen molar-refractivity contribution < 1.29 is 4.74 Å². The molecule has 2 aromatic heterocycles. The van der Waals surface area contributed by atoms with Crippen LogP contribution in [0.1, 0.15) is 36.7 Å². The summed E-state index contributed by atoms with van der Waals surface area (Å²) in [6.07, 6.45) is 3.95. The molecule has 108 valence electrons. The smallest absolute Gasteiger partial charge is 0.138 e. The van der Waals surface area contributed by atoms with Crippen molar-refractivity contribution in [3.05, 3.63) is 40.1 Å². The van der Waals surface area contributed by atoms with Crippen LogP contribution in [0.4, 0.5) is 0 Å². The number of nitrogens with zero attached hydrogens (tertiary/aromatic N) is 2. The summed E-state index contributed by atoms with van der Waals surface area (Å²) in [4.78, 5) is 8.89. The normalized spacial score (nSPS) is 10.7. The summed E-state index contributed by atoms with van der Waals surface area (Å²) in [6.45, 7) is 6.50. The fourth-order valence-corrected chi connectivity index (χ4v) is 2.64. The van der Waals surface area contributed by atoms with Gasteiger partial charge in [-0.1, -0.05) is 13.8 Å². The summed E-state index contributed by atoms with van der Waals surface area (Å²) in [5.41, 5.74) is 2.02. The Bertz CT molecular complexity index is 510. The lowest BCUT2D eigenvalue weighted by Crippen LogP contribution is -2.12. The first-order valence-electron chi connectivity index (χ1n) is 7.03. The maximum atomic E-state index is 5.70. The Labute approximate surface area is 124 Å². The average molecular weight is 291 g/mol. The van der Waals surface area contributed by atoms with Gasteiger partial charge in [-0.2, -0.15) is 0 Å². The zero-order valence-corrected chi connectivity index (χ0v) is 12.9. The lowest BCUT2D eigenvalue weighted by Gasteiger charge is -2.05. The van der Waals surface area contributed by atoms with Crippen LogP contribution in [-0.4, -0.2) is 16.5 Å². The molecule has 0 radical (unpaired) electrons. The van der Waals surface area contributed by atoms with E-state index < -0.39 is 0 Å². The van der Waals surface area contributed by atoms with E-state index in [0.29, 0.717) is 6.61 Å². The first-order chi connectivity index (χ1) is 9.81. The molecule has 0 bridgehead atoms. The summed E-state index contributed by atoms with van der Waals surface area (Å²) < 4.78 is 5.70. The van der Waals surface area contributed by atoms with Crippen molar-refractivity contribution in [2.24, 2.45) is 0 Å². The monoisotopic (exact) mass is 291 g/mol. The van der Waals surface area contributed by atoms with Crippen molar-refractivity contribution in [3.8, 4) is 5.75 Å². The van der Waals surface area contributed by atoms with E-state index in [1.165, 1.54) is 5.01 Å². The Morgan fingerprint density at radius 1 is 1.25 bits per heavy atom. The van der Waals surface area contributed by atoms with Gasteiger partial charge in [-0.15, -0.1) is 11.3 Å². The molecule has 1 N–H and O–H groups in total. The molecule has 0 fully saturated rings. The third-order valence-electron chi connectivity index (χ3n) is 2.80. The standard InChI is InChI=1S/C15H21N3OS/c1-3-5-15-18-13(11-20-15)10-19-14-7-6-12(17-9-14)8-16-4-2/h6-7,9,11,16H,3-5,8,10H2,1-2H3. The van der Waals surface area contributed by atoms with E-state index in [1.807, 2.05) is 12.1 Å². The Hall–Kier alpha value is -1.46. The van der Waals surface area contributed by atoms with Crippen molar-refractivity contribution in [2.45, 2.75) is 39.8 Å². The molecule has 0 atom stereocenters. The summed E-state index contributed by atoms with van der Waals surface area (Å²) in [5, 5.41) is 6.50. The van der Waals surface area contributed by atoms with Gasteiger partial charge in [-0.25, -0.2) is 4.98 Å². The summed E-state index contributed by atoms with van der Waals surface area (Å²) >= 11 is 1.71. The molecular formula is C15H21N3OS. The van der Waals surface area contributed by atoms with E-state index in [4.69, 9.17) is 4.74 Å². The Morgan fingerprint density at radius 2 is 2.15 bits per heavy atom. The Kier molecular flexibility index (Phi) is 5.95. The van der Waals surface area contributed by atoms with Crippen molar-refractivity contribution in [3.63, 3.8) is 0 Å². The van der Waals surface area contributed by atoms with Gasteiger partial charge in [0.2, 0.25) is 0 Å².